The SMILES string of the molecule is CC(C)(C)OC(=O)N1C(=O)[C@](C)(CO)C[C@H]1CCc1ccc(-c2cc(Cl)ccc2F)cc1. The van der Waals surface area contributed by atoms with E-state index in [1.54, 1.807) is 33.8 Å². The molecule has 1 heterocycles. The molecule has 2 aromatic rings. The number of halogens is 2. The smallest absolute Gasteiger partial charge is 0.417 e. The van der Waals surface area contributed by atoms with E-state index in [0.717, 1.165) is 10.5 Å². The molecule has 1 aliphatic heterocycles. The van der Waals surface area contributed by atoms with E-state index in [4.69, 9.17) is 16.3 Å². The van der Waals surface area contributed by atoms with Gasteiger partial charge < -0.3 is 9.84 Å². The van der Waals surface area contributed by atoms with Crippen LogP contribution in [0.4, 0.5) is 9.18 Å². The summed E-state index contributed by atoms with van der Waals surface area (Å²) in [6.45, 7) is 6.57. The minimum absolute atomic E-state index is 0.332. The lowest BCUT2D eigenvalue weighted by Crippen LogP contribution is -2.44. The van der Waals surface area contributed by atoms with E-state index in [-0.39, 0.29) is 18.5 Å². The molecular formula is C25H29ClFNO4. The van der Waals surface area contributed by atoms with Gasteiger partial charge in [0.2, 0.25) is 5.91 Å². The van der Waals surface area contributed by atoms with Gasteiger partial charge in [0.15, 0.2) is 0 Å². The molecule has 0 aliphatic carbocycles. The molecule has 172 valence electrons. The Hall–Kier alpha value is -2.44. The molecule has 1 aliphatic rings. The van der Waals surface area contributed by atoms with Gasteiger partial charge in [-0.2, -0.15) is 0 Å². The fourth-order valence-electron chi connectivity index (χ4n) is 3.96. The van der Waals surface area contributed by atoms with Crippen LogP contribution in [-0.2, 0) is 16.0 Å². The summed E-state index contributed by atoms with van der Waals surface area (Å²) < 4.78 is 19.6. The summed E-state index contributed by atoms with van der Waals surface area (Å²) in [6, 6.07) is 11.5. The molecular weight excluding hydrogens is 433 g/mol. The largest absolute Gasteiger partial charge is 0.443 e. The first-order valence-electron chi connectivity index (χ1n) is 10.7. The van der Waals surface area contributed by atoms with Crippen molar-refractivity contribution in [2.45, 2.75) is 58.6 Å². The highest BCUT2D eigenvalue weighted by atomic mass is 35.5. The third-order valence-electron chi connectivity index (χ3n) is 5.69. The number of amides is 2. The van der Waals surface area contributed by atoms with Crippen LogP contribution in [0.1, 0.15) is 46.1 Å². The van der Waals surface area contributed by atoms with E-state index in [1.165, 1.54) is 12.1 Å². The first-order valence-corrected chi connectivity index (χ1v) is 11.0. The van der Waals surface area contributed by atoms with Crippen molar-refractivity contribution in [3.63, 3.8) is 0 Å². The fourth-order valence-corrected chi connectivity index (χ4v) is 4.14. The van der Waals surface area contributed by atoms with Gasteiger partial charge in [-0.25, -0.2) is 14.1 Å². The van der Waals surface area contributed by atoms with Crippen LogP contribution in [0.2, 0.25) is 5.02 Å². The van der Waals surface area contributed by atoms with Crippen molar-refractivity contribution in [1.82, 2.24) is 4.90 Å². The molecule has 1 N–H and O–H groups in total. The second kappa shape index (κ2) is 9.20. The highest BCUT2D eigenvalue weighted by Crippen LogP contribution is 2.38. The zero-order valence-corrected chi connectivity index (χ0v) is 19.6. The molecule has 0 aromatic heterocycles. The number of ether oxygens (including phenoxy) is 1. The van der Waals surface area contributed by atoms with Crippen LogP contribution in [0, 0.1) is 11.2 Å². The van der Waals surface area contributed by atoms with Gasteiger partial charge in [-0.05, 0) is 76.3 Å². The molecule has 0 saturated carbocycles. The molecule has 2 atom stereocenters. The molecule has 2 aromatic carbocycles. The summed E-state index contributed by atoms with van der Waals surface area (Å²) in [7, 11) is 0. The highest BCUT2D eigenvalue weighted by molar-refractivity contribution is 6.30. The highest BCUT2D eigenvalue weighted by Gasteiger charge is 2.51. The number of likely N-dealkylation sites (tertiary alicyclic amines) is 1. The lowest BCUT2D eigenvalue weighted by Gasteiger charge is -2.27. The van der Waals surface area contributed by atoms with Crippen LogP contribution in [0.25, 0.3) is 11.1 Å². The fraction of sp³-hybridized carbons (Fsp3) is 0.440. The van der Waals surface area contributed by atoms with Crippen LogP contribution in [0.3, 0.4) is 0 Å². The maximum atomic E-state index is 14.1. The average Bonchev–Trinajstić information content (AvgIpc) is 2.98. The summed E-state index contributed by atoms with van der Waals surface area (Å²) >= 11 is 5.99. The normalized spacial score (nSPS) is 21.2. The number of carbonyl (C=O) groups excluding carboxylic acids is 2. The van der Waals surface area contributed by atoms with Crippen LogP contribution < -0.4 is 0 Å². The monoisotopic (exact) mass is 461 g/mol. The number of nitrogens with zero attached hydrogens (tertiary/aromatic N) is 1. The summed E-state index contributed by atoms with van der Waals surface area (Å²) in [4.78, 5) is 26.8. The van der Waals surface area contributed by atoms with Crippen molar-refractivity contribution in [2.75, 3.05) is 6.61 Å². The van der Waals surface area contributed by atoms with E-state index in [1.807, 2.05) is 24.3 Å². The van der Waals surface area contributed by atoms with Crippen LogP contribution >= 0.6 is 11.6 Å². The van der Waals surface area contributed by atoms with Gasteiger partial charge in [-0.15, -0.1) is 0 Å². The van der Waals surface area contributed by atoms with E-state index < -0.39 is 23.0 Å². The van der Waals surface area contributed by atoms with Crippen molar-refractivity contribution < 1.29 is 23.8 Å². The average molecular weight is 462 g/mol. The third-order valence-corrected chi connectivity index (χ3v) is 5.92. The number of hydrogen-bond donors (Lipinski definition) is 1. The standard InChI is InChI=1S/C25H29ClFNO4/c1-24(2,3)32-23(31)28-19(14-25(4,15-29)22(28)30)11-7-16-5-8-17(9-6-16)20-13-18(26)10-12-21(20)27/h5-6,8-10,12-13,19,29H,7,11,14-15H2,1-4H3/t19-,25+/m1/s1. The van der Waals surface area contributed by atoms with Crippen LogP contribution in [0.5, 0.6) is 0 Å². The number of imide groups is 1. The molecule has 0 spiro atoms. The Kier molecular flexibility index (Phi) is 6.96. The van der Waals surface area contributed by atoms with Crippen LogP contribution in [-0.4, -0.2) is 40.3 Å². The van der Waals surface area contributed by atoms with Gasteiger partial charge >= 0.3 is 6.09 Å². The Morgan fingerprint density at radius 1 is 1.25 bits per heavy atom. The minimum atomic E-state index is -1.00. The zero-order valence-electron chi connectivity index (χ0n) is 18.8. The maximum Gasteiger partial charge on any atom is 0.417 e. The number of aryl methyl sites for hydroxylation is 1. The molecule has 32 heavy (non-hydrogen) atoms. The second-order valence-electron chi connectivity index (χ2n) is 9.59. The predicted octanol–water partition coefficient (Wildman–Crippen LogP) is 5.61. The van der Waals surface area contributed by atoms with Gasteiger partial charge in [-0.1, -0.05) is 35.9 Å². The molecule has 3 rings (SSSR count). The van der Waals surface area contributed by atoms with E-state index in [0.29, 0.717) is 35.4 Å². The van der Waals surface area contributed by atoms with Gasteiger partial charge in [0.1, 0.15) is 11.4 Å². The summed E-state index contributed by atoms with van der Waals surface area (Å²) in [5.74, 6) is -0.756. The van der Waals surface area contributed by atoms with Gasteiger partial charge in [-0.3, -0.25) is 4.79 Å². The molecule has 5 nitrogen and oxygen atoms in total. The van der Waals surface area contributed by atoms with Crippen molar-refractivity contribution in [3.05, 3.63) is 58.9 Å². The predicted molar refractivity (Wildman–Crippen MR) is 122 cm³/mol. The number of hydrogen-bond acceptors (Lipinski definition) is 4. The first-order chi connectivity index (χ1) is 14.9. The minimum Gasteiger partial charge on any atom is -0.443 e. The number of rotatable bonds is 5. The van der Waals surface area contributed by atoms with Gasteiger partial charge in [0.25, 0.3) is 0 Å². The zero-order chi connectivity index (χ0) is 23.7. The summed E-state index contributed by atoms with van der Waals surface area (Å²) in [5.41, 5.74) is 0.403. The molecule has 0 radical (unpaired) electrons. The Morgan fingerprint density at radius 2 is 1.91 bits per heavy atom. The Bertz CT molecular complexity index is 1000. The van der Waals surface area contributed by atoms with Crippen molar-refractivity contribution in [1.29, 1.82) is 0 Å². The third kappa shape index (κ3) is 5.30. The molecule has 7 heteroatoms. The lowest BCUT2D eigenvalue weighted by atomic mass is 9.87. The molecule has 2 amide bonds. The molecule has 1 fully saturated rings. The number of aliphatic hydroxyl groups is 1. The van der Waals surface area contributed by atoms with E-state index >= 15 is 0 Å². The Labute approximate surface area is 193 Å². The topological polar surface area (TPSA) is 66.8 Å². The maximum absolute atomic E-state index is 14.1. The quantitative estimate of drug-likeness (QED) is 0.628. The van der Waals surface area contributed by atoms with Crippen molar-refractivity contribution in [3.8, 4) is 11.1 Å². The van der Waals surface area contributed by atoms with E-state index in [2.05, 4.69) is 0 Å². The van der Waals surface area contributed by atoms with E-state index in [9.17, 15) is 19.1 Å². The van der Waals surface area contributed by atoms with Crippen molar-refractivity contribution >= 4 is 23.6 Å². The second-order valence-corrected chi connectivity index (χ2v) is 10.0. The summed E-state index contributed by atoms with van der Waals surface area (Å²) in [5, 5.41) is 10.2. The lowest BCUT2D eigenvalue weighted by molar-refractivity contribution is -0.136. The molecule has 0 unspecified atom stereocenters. The molecule has 0 bridgehead atoms. The molecule has 1 saturated heterocycles. The number of aliphatic hydroxyl groups excluding tert-OH is 1. The first kappa shape index (κ1) is 24.2. The number of carbonyl (C=O) groups is 2. The Balaban J connectivity index is 1.74. The van der Waals surface area contributed by atoms with Crippen LogP contribution in [0.15, 0.2) is 42.5 Å². The Morgan fingerprint density at radius 3 is 2.50 bits per heavy atom. The van der Waals surface area contributed by atoms with Gasteiger partial charge in [0, 0.05) is 16.6 Å². The van der Waals surface area contributed by atoms with Gasteiger partial charge in [0.05, 0.1) is 12.0 Å². The number of benzene rings is 2. The summed E-state index contributed by atoms with van der Waals surface area (Å²) in [6.07, 6.45) is 0.826. The van der Waals surface area contributed by atoms with Crippen molar-refractivity contribution in [2.24, 2.45) is 5.41 Å².